The van der Waals surface area contributed by atoms with Gasteiger partial charge in [-0.3, -0.25) is 4.79 Å². The van der Waals surface area contributed by atoms with Crippen molar-refractivity contribution in [1.29, 1.82) is 0 Å². The Hall–Kier alpha value is -5.49. The van der Waals surface area contributed by atoms with Gasteiger partial charge >= 0.3 is 11.9 Å². The van der Waals surface area contributed by atoms with Crippen LogP contribution in [-0.4, -0.2) is 61.1 Å². The number of anilines is 1. The lowest BCUT2D eigenvalue weighted by Gasteiger charge is -2.24. The molecule has 3 heterocycles. The molecule has 12 heteroatoms. The van der Waals surface area contributed by atoms with E-state index < -0.39 is 36.5 Å². The van der Waals surface area contributed by atoms with Gasteiger partial charge in [0.25, 0.3) is 5.91 Å². The maximum Gasteiger partial charge on any atom is 0.338 e. The van der Waals surface area contributed by atoms with Crippen molar-refractivity contribution in [3.63, 3.8) is 0 Å². The fourth-order valence-corrected chi connectivity index (χ4v) is 4.83. The maximum atomic E-state index is 13.2. The average Bonchev–Trinajstić information content (AvgIpc) is 3.64. The topological polar surface area (TPSA) is 147 Å². The first-order valence-corrected chi connectivity index (χ1v) is 13.6. The predicted octanol–water partition coefficient (Wildman–Crippen LogP) is 4.23. The number of benzene rings is 3. The number of ether oxygens (including phenoxy) is 3. The fourth-order valence-electron chi connectivity index (χ4n) is 4.83. The quantitative estimate of drug-likeness (QED) is 0.265. The minimum absolute atomic E-state index is 0.139. The van der Waals surface area contributed by atoms with Crippen LogP contribution >= 0.6 is 0 Å². The largest absolute Gasteiger partial charge is 0.452 e. The Morgan fingerprint density at radius 1 is 0.791 bits per heavy atom. The number of rotatable bonds is 8. The normalized spacial score (nSPS) is 19.6. The van der Waals surface area contributed by atoms with E-state index in [0.717, 1.165) is 0 Å². The van der Waals surface area contributed by atoms with Crippen molar-refractivity contribution in [1.82, 2.24) is 25.0 Å². The molecule has 1 saturated heterocycles. The van der Waals surface area contributed by atoms with Gasteiger partial charge < -0.3 is 19.5 Å². The Balaban J connectivity index is 1.35. The van der Waals surface area contributed by atoms with Gasteiger partial charge in [0.15, 0.2) is 35.4 Å². The van der Waals surface area contributed by atoms with Crippen LogP contribution in [0.4, 0.5) is 5.82 Å². The highest BCUT2D eigenvalue weighted by molar-refractivity contribution is 6.06. The summed E-state index contributed by atoms with van der Waals surface area (Å²) >= 11 is 0. The predicted molar refractivity (Wildman–Crippen MR) is 153 cm³/mol. The summed E-state index contributed by atoms with van der Waals surface area (Å²) < 4.78 is 19.6. The first kappa shape index (κ1) is 27.7. The molecule has 4 atom stereocenters. The molecule has 216 valence electrons. The molecule has 0 spiro atoms. The van der Waals surface area contributed by atoms with Gasteiger partial charge in [0.1, 0.15) is 12.4 Å². The second kappa shape index (κ2) is 12.2. The van der Waals surface area contributed by atoms with Crippen molar-refractivity contribution in [3.05, 3.63) is 114 Å². The highest BCUT2D eigenvalue weighted by atomic mass is 16.6. The molecule has 0 saturated carbocycles. The molecule has 1 fully saturated rings. The van der Waals surface area contributed by atoms with E-state index >= 15 is 0 Å². The number of carbonyl (C=O) groups is 3. The highest BCUT2D eigenvalue weighted by Crippen LogP contribution is 2.37. The Kier molecular flexibility index (Phi) is 7.83. The van der Waals surface area contributed by atoms with Gasteiger partial charge in [-0.05, 0) is 42.8 Å². The summed E-state index contributed by atoms with van der Waals surface area (Å²) in [7, 11) is 0. The van der Waals surface area contributed by atoms with Crippen LogP contribution in [0.1, 0.15) is 50.6 Å². The molecule has 0 radical (unpaired) electrons. The summed E-state index contributed by atoms with van der Waals surface area (Å²) in [6, 6.07) is 25.6. The lowest BCUT2D eigenvalue weighted by atomic mass is 10.1. The minimum Gasteiger partial charge on any atom is -0.452 e. The molecule has 0 bridgehead atoms. The zero-order chi connectivity index (χ0) is 29.8. The number of carbonyl (C=O) groups excluding carboxylic acids is 3. The molecule has 3 aromatic carbocycles. The molecule has 1 unspecified atom stereocenters. The van der Waals surface area contributed by atoms with Crippen LogP contribution in [0.3, 0.4) is 0 Å². The van der Waals surface area contributed by atoms with E-state index in [1.54, 1.807) is 84.9 Å². The maximum absolute atomic E-state index is 13.2. The van der Waals surface area contributed by atoms with Gasteiger partial charge in [-0.2, -0.15) is 4.68 Å². The second-order valence-corrected chi connectivity index (χ2v) is 9.69. The smallest absolute Gasteiger partial charge is 0.338 e. The van der Waals surface area contributed by atoms with E-state index in [-0.39, 0.29) is 22.9 Å². The van der Waals surface area contributed by atoms with Gasteiger partial charge in [-0.1, -0.05) is 66.7 Å². The van der Waals surface area contributed by atoms with Crippen molar-refractivity contribution >= 4 is 34.8 Å². The summed E-state index contributed by atoms with van der Waals surface area (Å²) in [5.74, 6) is -1.47. The third kappa shape index (κ3) is 5.68. The second-order valence-electron chi connectivity index (χ2n) is 9.69. The Labute approximate surface area is 245 Å². The van der Waals surface area contributed by atoms with Crippen molar-refractivity contribution in [2.45, 2.75) is 37.9 Å². The molecular formula is C31H26N6O6. The molecule has 1 aliphatic heterocycles. The van der Waals surface area contributed by atoms with Crippen molar-refractivity contribution in [3.8, 4) is 0 Å². The van der Waals surface area contributed by atoms with Crippen LogP contribution in [0.25, 0.3) is 11.2 Å². The highest BCUT2D eigenvalue weighted by Gasteiger charge is 2.51. The summed E-state index contributed by atoms with van der Waals surface area (Å²) in [5.41, 5.74) is 1.50. The van der Waals surface area contributed by atoms with E-state index in [0.29, 0.717) is 23.1 Å². The first-order valence-electron chi connectivity index (χ1n) is 13.6. The van der Waals surface area contributed by atoms with Crippen LogP contribution in [0.2, 0.25) is 0 Å². The standard InChI is InChI=1S/C31H26N6O6/c1-2-22-24(42-30(39)20-14-8-4-9-15-20)25(43-31(40)21-16-10-5-11-17-21)29(41-22)37-27-23(35-36-37)26(32-18-33-27)34-28(38)19-12-6-3-7-13-19/h3-18,22,24-25,29H,2H2,1H3,(H,32,33,34,38)/t22-,24?,25+,29-/m1/s1. The van der Waals surface area contributed by atoms with Gasteiger partial charge in [0, 0.05) is 5.56 Å². The number of nitrogens with zero attached hydrogens (tertiary/aromatic N) is 5. The number of fused-ring (bicyclic) bond motifs is 1. The van der Waals surface area contributed by atoms with Crippen LogP contribution in [-0.2, 0) is 14.2 Å². The molecular weight excluding hydrogens is 552 g/mol. The lowest BCUT2D eigenvalue weighted by Crippen LogP contribution is -2.39. The van der Waals surface area contributed by atoms with Crippen molar-refractivity contribution in [2.75, 3.05) is 5.32 Å². The Morgan fingerprint density at radius 3 is 1.93 bits per heavy atom. The van der Waals surface area contributed by atoms with E-state index in [2.05, 4.69) is 25.6 Å². The van der Waals surface area contributed by atoms with Crippen molar-refractivity contribution in [2.24, 2.45) is 0 Å². The SMILES string of the molecule is CC[C@H]1O[C@@H](n2nnc3c(NC(=O)c4ccccc4)ncnc32)[C@@H](OC(=O)c2ccccc2)C1OC(=O)c1ccccc1. The summed E-state index contributed by atoms with van der Waals surface area (Å²) in [5, 5.41) is 11.2. The molecule has 2 aromatic heterocycles. The fraction of sp³-hybridized carbons (Fsp3) is 0.194. The number of esters is 2. The third-order valence-electron chi connectivity index (χ3n) is 6.96. The third-order valence-corrected chi connectivity index (χ3v) is 6.96. The average molecular weight is 579 g/mol. The monoisotopic (exact) mass is 578 g/mol. The molecule has 1 N–H and O–H groups in total. The number of nitrogens with one attached hydrogen (secondary N) is 1. The molecule has 1 amide bonds. The zero-order valence-electron chi connectivity index (χ0n) is 22.9. The van der Waals surface area contributed by atoms with Gasteiger partial charge in [0.2, 0.25) is 0 Å². The summed E-state index contributed by atoms with van der Waals surface area (Å²) in [6.07, 6.45) is -2.12. The molecule has 43 heavy (non-hydrogen) atoms. The van der Waals surface area contributed by atoms with Gasteiger partial charge in [0.05, 0.1) is 11.1 Å². The Morgan fingerprint density at radius 2 is 1.35 bits per heavy atom. The van der Waals surface area contributed by atoms with Gasteiger partial charge in [-0.25, -0.2) is 19.6 Å². The first-order chi connectivity index (χ1) is 21.0. The zero-order valence-corrected chi connectivity index (χ0v) is 22.9. The van der Waals surface area contributed by atoms with Crippen LogP contribution < -0.4 is 5.32 Å². The van der Waals surface area contributed by atoms with Crippen LogP contribution in [0, 0.1) is 0 Å². The number of hydrogen-bond acceptors (Lipinski definition) is 10. The van der Waals surface area contributed by atoms with Crippen LogP contribution in [0.15, 0.2) is 97.3 Å². The van der Waals surface area contributed by atoms with E-state index in [1.165, 1.54) is 11.0 Å². The molecule has 6 rings (SSSR count). The van der Waals surface area contributed by atoms with Crippen molar-refractivity contribution < 1.29 is 28.6 Å². The molecule has 5 aromatic rings. The number of hydrogen-bond donors (Lipinski definition) is 1. The van der Waals surface area contributed by atoms with E-state index in [9.17, 15) is 14.4 Å². The number of amides is 1. The summed E-state index contributed by atoms with van der Waals surface area (Å²) in [6.45, 7) is 1.87. The molecule has 12 nitrogen and oxygen atoms in total. The summed E-state index contributed by atoms with van der Waals surface area (Å²) in [4.78, 5) is 47.7. The number of aromatic nitrogens is 5. The molecule has 0 aliphatic carbocycles. The molecule has 1 aliphatic rings. The minimum atomic E-state index is -1.12. The van der Waals surface area contributed by atoms with Crippen LogP contribution in [0.5, 0.6) is 0 Å². The Bertz CT molecular complexity index is 1750. The van der Waals surface area contributed by atoms with Gasteiger partial charge in [-0.15, -0.1) is 5.10 Å². The van der Waals surface area contributed by atoms with E-state index in [1.807, 2.05) is 13.0 Å². The van der Waals surface area contributed by atoms with E-state index in [4.69, 9.17) is 14.2 Å². The lowest BCUT2D eigenvalue weighted by molar-refractivity contribution is -0.0550.